The van der Waals surface area contributed by atoms with Gasteiger partial charge in [-0.1, -0.05) is 0 Å². The van der Waals surface area contributed by atoms with Crippen LogP contribution in [0.3, 0.4) is 0 Å². The lowest BCUT2D eigenvalue weighted by Crippen LogP contribution is -2.06. The zero-order valence-electron chi connectivity index (χ0n) is 7.59. The number of halogens is 2. The molecule has 1 aromatic rings. The number of rotatable bonds is 2. The Morgan fingerprint density at radius 2 is 2.29 bits per heavy atom. The highest BCUT2D eigenvalue weighted by atomic mass is 19.3. The first-order valence-corrected chi connectivity index (χ1v) is 3.99. The van der Waals surface area contributed by atoms with Crippen molar-refractivity contribution in [3.8, 4) is 6.07 Å². The fourth-order valence-corrected chi connectivity index (χ4v) is 1.17. The SMILES string of the molecule is Cc1cc(CN)nc(C(F)F)c1C#N. The van der Waals surface area contributed by atoms with Crippen LogP contribution in [0.2, 0.25) is 0 Å². The summed E-state index contributed by atoms with van der Waals surface area (Å²) >= 11 is 0. The average Bonchev–Trinajstić information content (AvgIpc) is 2.16. The van der Waals surface area contributed by atoms with E-state index in [0.717, 1.165) is 0 Å². The molecule has 0 aliphatic rings. The van der Waals surface area contributed by atoms with Crippen molar-refractivity contribution in [1.29, 1.82) is 5.26 Å². The summed E-state index contributed by atoms with van der Waals surface area (Å²) in [5, 5.41) is 8.66. The van der Waals surface area contributed by atoms with Crippen molar-refractivity contribution in [3.63, 3.8) is 0 Å². The smallest absolute Gasteiger partial charge is 0.281 e. The summed E-state index contributed by atoms with van der Waals surface area (Å²) in [5.41, 5.74) is 5.61. The van der Waals surface area contributed by atoms with E-state index >= 15 is 0 Å². The summed E-state index contributed by atoms with van der Waals surface area (Å²) in [6.45, 7) is 1.68. The van der Waals surface area contributed by atoms with Crippen molar-refractivity contribution >= 4 is 0 Å². The van der Waals surface area contributed by atoms with Crippen LogP contribution in [-0.2, 0) is 6.54 Å². The van der Waals surface area contributed by atoms with E-state index in [-0.39, 0.29) is 12.1 Å². The van der Waals surface area contributed by atoms with E-state index in [2.05, 4.69) is 4.98 Å². The molecule has 1 heterocycles. The van der Waals surface area contributed by atoms with Crippen molar-refractivity contribution in [2.75, 3.05) is 0 Å². The molecule has 1 aromatic heterocycles. The van der Waals surface area contributed by atoms with E-state index in [4.69, 9.17) is 11.0 Å². The summed E-state index contributed by atoms with van der Waals surface area (Å²) in [6.07, 6.45) is -2.74. The molecule has 0 aliphatic carbocycles. The van der Waals surface area contributed by atoms with Crippen LogP contribution in [-0.4, -0.2) is 4.98 Å². The van der Waals surface area contributed by atoms with Crippen molar-refractivity contribution in [2.24, 2.45) is 5.73 Å². The van der Waals surface area contributed by atoms with Crippen LogP contribution in [0.4, 0.5) is 8.78 Å². The van der Waals surface area contributed by atoms with Gasteiger partial charge in [-0.2, -0.15) is 5.26 Å². The number of nitriles is 1. The third-order valence-corrected chi connectivity index (χ3v) is 1.83. The second-order valence-corrected chi connectivity index (χ2v) is 2.81. The van der Waals surface area contributed by atoms with E-state index in [0.29, 0.717) is 11.3 Å². The number of nitrogens with two attached hydrogens (primary N) is 1. The summed E-state index contributed by atoms with van der Waals surface area (Å²) < 4.78 is 24.9. The standard InChI is InChI=1S/C9H9F2N3/c1-5-2-6(3-12)14-8(9(10)11)7(5)4-13/h2,9H,3,12H2,1H3. The highest BCUT2D eigenvalue weighted by Gasteiger charge is 2.17. The van der Waals surface area contributed by atoms with Gasteiger partial charge < -0.3 is 5.73 Å². The molecule has 0 saturated heterocycles. The molecule has 14 heavy (non-hydrogen) atoms. The molecule has 0 atom stereocenters. The summed E-state index contributed by atoms with van der Waals surface area (Å²) in [6, 6.07) is 3.26. The van der Waals surface area contributed by atoms with Gasteiger partial charge >= 0.3 is 0 Å². The van der Waals surface area contributed by atoms with Gasteiger partial charge in [0.2, 0.25) is 0 Å². The lowest BCUT2D eigenvalue weighted by atomic mass is 10.1. The molecule has 0 spiro atoms. The first-order valence-electron chi connectivity index (χ1n) is 3.99. The highest BCUT2D eigenvalue weighted by Crippen LogP contribution is 2.23. The molecule has 5 heteroatoms. The van der Waals surface area contributed by atoms with Crippen LogP contribution in [0.25, 0.3) is 0 Å². The van der Waals surface area contributed by atoms with Crippen molar-refractivity contribution in [2.45, 2.75) is 19.9 Å². The van der Waals surface area contributed by atoms with Gasteiger partial charge in [-0.15, -0.1) is 0 Å². The quantitative estimate of drug-likeness (QED) is 0.784. The van der Waals surface area contributed by atoms with Crippen molar-refractivity contribution < 1.29 is 8.78 Å². The van der Waals surface area contributed by atoms with E-state index in [9.17, 15) is 8.78 Å². The van der Waals surface area contributed by atoms with Gasteiger partial charge in [0.05, 0.1) is 11.3 Å². The number of nitrogens with zero attached hydrogens (tertiary/aromatic N) is 2. The van der Waals surface area contributed by atoms with Crippen LogP contribution in [0.15, 0.2) is 6.07 Å². The maximum atomic E-state index is 12.5. The molecule has 1 rings (SSSR count). The summed E-state index contributed by atoms with van der Waals surface area (Å²) in [4.78, 5) is 3.62. The predicted octanol–water partition coefficient (Wildman–Crippen LogP) is 1.66. The zero-order valence-corrected chi connectivity index (χ0v) is 7.59. The van der Waals surface area contributed by atoms with Gasteiger partial charge in [-0.3, -0.25) is 0 Å². The van der Waals surface area contributed by atoms with Gasteiger partial charge in [0.1, 0.15) is 11.8 Å². The van der Waals surface area contributed by atoms with Gasteiger partial charge in [-0.25, -0.2) is 13.8 Å². The maximum absolute atomic E-state index is 12.5. The Hall–Kier alpha value is -1.54. The Morgan fingerprint density at radius 3 is 2.71 bits per heavy atom. The minimum atomic E-state index is -2.74. The number of hydrogen-bond acceptors (Lipinski definition) is 3. The molecule has 0 radical (unpaired) electrons. The minimum absolute atomic E-state index is 0.0581. The molecule has 0 unspecified atom stereocenters. The van der Waals surface area contributed by atoms with Gasteiger partial charge in [0, 0.05) is 6.54 Å². The summed E-state index contributed by atoms with van der Waals surface area (Å²) in [7, 11) is 0. The third-order valence-electron chi connectivity index (χ3n) is 1.83. The van der Waals surface area contributed by atoms with Crippen molar-refractivity contribution in [1.82, 2.24) is 4.98 Å². The molecule has 0 aliphatic heterocycles. The largest absolute Gasteiger partial charge is 0.325 e. The lowest BCUT2D eigenvalue weighted by Gasteiger charge is -2.07. The molecular formula is C9H9F2N3. The van der Waals surface area contributed by atoms with Crippen LogP contribution in [0, 0.1) is 18.3 Å². The molecule has 74 valence electrons. The second kappa shape index (κ2) is 4.11. The van der Waals surface area contributed by atoms with Crippen LogP contribution in [0.5, 0.6) is 0 Å². The molecule has 0 aromatic carbocycles. The Bertz CT molecular complexity index is 382. The second-order valence-electron chi connectivity index (χ2n) is 2.81. The monoisotopic (exact) mass is 197 g/mol. The highest BCUT2D eigenvalue weighted by molar-refractivity contribution is 5.42. The van der Waals surface area contributed by atoms with Gasteiger partial charge in [0.15, 0.2) is 0 Å². The van der Waals surface area contributed by atoms with Crippen molar-refractivity contribution in [3.05, 3.63) is 28.6 Å². The van der Waals surface area contributed by atoms with E-state index in [1.807, 2.05) is 0 Å². The molecule has 2 N–H and O–H groups in total. The van der Waals surface area contributed by atoms with Crippen LogP contribution < -0.4 is 5.73 Å². The Kier molecular flexibility index (Phi) is 3.10. The van der Waals surface area contributed by atoms with E-state index < -0.39 is 12.1 Å². The number of aromatic nitrogens is 1. The number of hydrogen-bond donors (Lipinski definition) is 1. The minimum Gasteiger partial charge on any atom is -0.325 e. The number of pyridine rings is 1. The lowest BCUT2D eigenvalue weighted by molar-refractivity contribution is 0.145. The Morgan fingerprint density at radius 1 is 1.64 bits per heavy atom. The first-order chi connectivity index (χ1) is 6.60. The predicted molar refractivity (Wildman–Crippen MR) is 46.5 cm³/mol. The molecule has 3 nitrogen and oxygen atoms in total. The number of aryl methyl sites for hydroxylation is 1. The third kappa shape index (κ3) is 1.86. The average molecular weight is 197 g/mol. The molecule has 0 bridgehead atoms. The van der Waals surface area contributed by atoms with Crippen LogP contribution >= 0.6 is 0 Å². The molecule has 0 amide bonds. The number of alkyl halides is 2. The van der Waals surface area contributed by atoms with Gasteiger partial charge in [-0.05, 0) is 18.6 Å². The first kappa shape index (κ1) is 10.5. The maximum Gasteiger partial charge on any atom is 0.281 e. The van der Waals surface area contributed by atoms with Gasteiger partial charge in [0.25, 0.3) is 6.43 Å². The molecule has 0 saturated carbocycles. The molecule has 0 fully saturated rings. The fourth-order valence-electron chi connectivity index (χ4n) is 1.17. The Balaban J connectivity index is 3.37. The summed E-state index contributed by atoms with van der Waals surface area (Å²) in [5.74, 6) is 0. The van der Waals surface area contributed by atoms with Crippen LogP contribution in [0.1, 0.15) is 28.9 Å². The topological polar surface area (TPSA) is 62.7 Å². The normalized spacial score (nSPS) is 10.3. The zero-order chi connectivity index (χ0) is 10.7. The van der Waals surface area contributed by atoms with E-state index in [1.54, 1.807) is 19.1 Å². The Labute approximate surface area is 80.2 Å². The van der Waals surface area contributed by atoms with E-state index in [1.165, 1.54) is 0 Å². The molecular weight excluding hydrogens is 188 g/mol. The fraction of sp³-hybridized carbons (Fsp3) is 0.333.